The molecule has 0 saturated heterocycles. The molecule has 0 atom stereocenters. The Morgan fingerprint density at radius 3 is 1.87 bits per heavy atom. The molecule has 0 aliphatic heterocycles. The molecule has 186 valence electrons. The molecule has 6 aromatic rings. The first-order valence-electron chi connectivity index (χ1n) is 13.5. The highest BCUT2D eigenvalue weighted by atomic mass is 15.1. The minimum atomic E-state index is 1.04. The molecule has 38 heavy (non-hydrogen) atoms. The number of fused-ring (bicyclic) bond motifs is 3. The van der Waals surface area contributed by atoms with E-state index in [1.54, 1.807) is 0 Å². The van der Waals surface area contributed by atoms with Crippen LogP contribution in [0.25, 0.3) is 34.0 Å². The SMILES string of the molecule is CCCCn1c2ccccc2c2cc(N(c3ccccc3)c3ccc(C=Cc4ccccc4)cc3)ccc21. The number of aryl methyl sites for hydroxylation is 1. The zero-order valence-corrected chi connectivity index (χ0v) is 21.8. The van der Waals surface area contributed by atoms with E-state index in [2.05, 4.69) is 150 Å². The smallest absolute Gasteiger partial charge is 0.0492 e. The highest BCUT2D eigenvalue weighted by Gasteiger charge is 2.16. The van der Waals surface area contributed by atoms with Crippen LogP contribution >= 0.6 is 0 Å². The molecule has 0 unspecified atom stereocenters. The van der Waals surface area contributed by atoms with E-state index >= 15 is 0 Å². The summed E-state index contributed by atoms with van der Waals surface area (Å²) in [6, 6.07) is 45.6. The number of rotatable bonds is 8. The van der Waals surface area contributed by atoms with Gasteiger partial charge in [-0.05, 0) is 66.1 Å². The standard InChI is InChI=1S/C36H32N2/c1-2-3-26-37-35-17-11-10-16-33(35)34-27-32(24-25-36(34)37)38(30-14-8-5-9-15-30)31-22-20-29(21-23-31)19-18-28-12-6-4-7-13-28/h4-25,27H,2-3,26H2,1H3. The van der Waals surface area contributed by atoms with E-state index < -0.39 is 0 Å². The number of hydrogen-bond donors (Lipinski definition) is 0. The van der Waals surface area contributed by atoms with Gasteiger partial charge in [0, 0.05) is 45.4 Å². The summed E-state index contributed by atoms with van der Waals surface area (Å²) in [6.45, 7) is 3.30. The van der Waals surface area contributed by atoms with Crippen molar-refractivity contribution in [3.05, 3.63) is 139 Å². The van der Waals surface area contributed by atoms with Crippen LogP contribution in [0.2, 0.25) is 0 Å². The van der Waals surface area contributed by atoms with Crippen molar-refractivity contribution in [3.8, 4) is 0 Å². The van der Waals surface area contributed by atoms with Crippen LogP contribution in [0.3, 0.4) is 0 Å². The first kappa shape index (κ1) is 23.8. The van der Waals surface area contributed by atoms with Crippen molar-refractivity contribution in [1.29, 1.82) is 0 Å². The number of benzene rings is 5. The predicted octanol–water partition coefficient (Wildman–Crippen LogP) is 10.2. The zero-order valence-electron chi connectivity index (χ0n) is 21.8. The summed E-state index contributed by atoms with van der Waals surface area (Å²) >= 11 is 0. The Labute approximate surface area is 225 Å². The van der Waals surface area contributed by atoms with E-state index in [0.29, 0.717) is 0 Å². The molecule has 0 bridgehead atoms. The van der Waals surface area contributed by atoms with Crippen molar-refractivity contribution in [1.82, 2.24) is 4.57 Å². The number of unbranched alkanes of at least 4 members (excludes halogenated alkanes) is 1. The van der Waals surface area contributed by atoms with E-state index in [-0.39, 0.29) is 0 Å². The highest BCUT2D eigenvalue weighted by Crippen LogP contribution is 2.38. The summed E-state index contributed by atoms with van der Waals surface area (Å²) in [4.78, 5) is 2.35. The lowest BCUT2D eigenvalue weighted by Crippen LogP contribution is -2.09. The van der Waals surface area contributed by atoms with Gasteiger partial charge in [0.1, 0.15) is 0 Å². The maximum atomic E-state index is 2.48. The second-order valence-electron chi connectivity index (χ2n) is 9.73. The molecular formula is C36H32N2. The highest BCUT2D eigenvalue weighted by molar-refractivity contribution is 6.09. The van der Waals surface area contributed by atoms with Gasteiger partial charge in [-0.25, -0.2) is 0 Å². The molecule has 0 radical (unpaired) electrons. The van der Waals surface area contributed by atoms with Crippen LogP contribution in [0, 0.1) is 0 Å². The van der Waals surface area contributed by atoms with E-state index in [1.165, 1.54) is 45.8 Å². The van der Waals surface area contributed by atoms with Crippen LogP contribution in [0.1, 0.15) is 30.9 Å². The van der Waals surface area contributed by atoms with Crippen LogP contribution < -0.4 is 4.90 Å². The Morgan fingerprint density at radius 2 is 1.13 bits per heavy atom. The minimum absolute atomic E-state index is 1.04. The zero-order chi connectivity index (χ0) is 25.7. The summed E-state index contributed by atoms with van der Waals surface area (Å²) < 4.78 is 2.48. The fraction of sp³-hybridized carbons (Fsp3) is 0.111. The van der Waals surface area contributed by atoms with Crippen molar-refractivity contribution < 1.29 is 0 Å². The van der Waals surface area contributed by atoms with Gasteiger partial charge in [-0.2, -0.15) is 0 Å². The van der Waals surface area contributed by atoms with E-state index in [9.17, 15) is 0 Å². The molecule has 2 heteroatoms. The average Bonchev–Trinajstić information content (AvgIpc) is 3.30. The summed E-state index contributed by atoms with van der Waals surface area (Å²) in [5.41, 5.74) is 8.45. The Bertz CT molecular complexity index is 1680. The van der Waals surface area contributed by atoms with E-state index in [0.717, 1.165) is 23.6 Å². The first-order chi connectivity index (χ1) is 18.8. The average molecular weight is 493 g/mol. The lowest BCUT2D eigenvalue weighted by atomic mass is 10.1. The molecule has 0 spiro atoms. The molecule has 1 aromatic heterocycles. The fourth-order valence-electron chi connectivity index (χ4n) is 5.25. The lowest BCUT2D eigenvalue weighted by molar-refractivity contribution is 0.665. The van der Waals surface area contributed by atoms with Crippen molar-refractivity contribution in [2.75, 3.05) is 4.90 Å². The first-order valence-corrected chi connectivity index (χ1v) is 13.5. The van der Waals surface area contributed by atoms with Crippen molar-refractivity contribution >= 4 is 51.0 Å². The molecule has 1 heterocycles. The number of aromatic nitrogens is 1. The van der Waals surface area contributed by atoms with Gasteiger partial charge in [-0.1, -0.05) is 104 Å². The van der Waals surface area contributed by atoms with Crippen LogP contribution in [0.5, 0.6) is 0 Å². The van der Waals surface area contributed by atoms with Gasteiger partial charge in [-0.15, -0.1) is 0 Å². The van der Waals surface area contributed by atoms with Crippen molar-refractivity contribution in [3.63, 3.8) is 0 Å². The summed E-state index contributed by atoms with van der Waals surface area (Å²) in [6.07, 6.45) is 6.69. The van der Waals surface area contributed by atoms with Crippen LogP contribution in [-0.4, -0.2) is 4.57 Å². The molecule has 5 aromatic carbocycles. The molecular weight excluding hydrogens is 460 g/mol. The van der Waals surface area contributed by atoms with Crippen LogP contribution in [-0.2, 0) is 6.54 Å². The second kappa shape index (κ2) is 10.8. The molecule has 0 N–H and O–H groups in total. The van der Waals surface area contributed by atoms with Crippen LogP contribution in [0.4, 0.5) is 17.1 Å². The normalized spacial score (nSPS) is 11.5. The topological polar surface area (TPSA) is 8.17 Å². The summed E-state index contributed by atoms with van der Waals surface area (Å²) in [5, 5.41) is 2.62. The van der Waals surface area contributed by atoms with Crippen LogP contribution in [0.15, 0.2) is 127 Å². The molecule has 0 aliphatic rings. The quantitative estimate of drug-likeness (QED) is 0.192. The monoisotopic (exact) mass is 492 g/mol. The third-order valence-corrected chi connectivity index (χ3v) is 7.18. The lowest BCUT2D eigenvalue weighted by Gasteiger charge is -2.25. The van der Waals surface area contributed by atoms with Gasteiger partial charge in [0.05, 0.1) is 0 Å². The third-order valence-electron chi connectivity index (χ3n) is 7.18. The Morgan fingerprint density at radius 1 is 0.553 bits per heavy atom. The predicted molar refractivity (Wildman–Crippen MR) is 164 cm³/mol. The number of anilines is 3. The Balaban J connectivity index is 1.42. The summed E-state index contributed by atoms with van der Waals surface area (Å²) in [7, 11) is 0. The minimum Gasteiger partial charge on any atom is -0.340 e. The van der Waals surface area contributed by atoms with Gasteiger partial charge >= 0.3 is 0 Å². The second-order valence-corrected chi connectivity index (χ2v) is 9.73. The number of para-hydroxylation sites is 2. The molecule has 0 saturated carbocycles. The van der Waals surface area contributed by atoms with Gasteiger partial charge in [0.2, 0.25) is 0 Å². The van der Waals surface area contributed by atoms with E-state index in [1.807, 2.05) is 6.07 Å². The fourth-order valence-corrected chi connectivity index (χ4v) is 5.25. The van der Waals surface area contributed by atoms with Gasteiger partial charge in [-0.3, -0.25) is 0 Å². The number of nitrogens with zero attached hydrogens (tertiary/aromatic N) is 2. The van der Waals surface area contributed by atoms with Gasteiger partial charge < -0.3 is 9.47 Å². The van der Waals surface area contributed by atoms with Crippen molar-refractivity contribution in [2.45, 2.75) is 26.3 Å². The summed E-state index contributed by atoms with van der Waals surface area (Å²) in [5.74, 6) is 0. The molecule has 0 aliphatic carbocycles. The number of hydrogen-bond acceptors (Lipinski definition) is 1. The molecule has 0 amide bonds. The molecule has 2 nitrogen and oxygen atoms in total. The molecule has 6 rings (SSSR count). The Hall–Kier alpha value is -4.56. The van der Waals surface area contributed by atoms with E-state index in [4.69, 9.17) is 0 Å². The van der Waals surface area contributed by atoms with Gasteiger partial charge in [0.25, 0.3) is 0 Å². The maximum Gasteiger partial charge on any atom is 0.0492 e. The Kier molecular flexibility index (Phi) is 6.78. The molecule has 0 fully saturated rings. The third kappa shape index (κ3) is 4.73. The van der Waals surface area contributed by atoms with Crippen molar-refractivity contribution in [2.24, 2.45) is 0 Å². The van der Waals surface area contributed by atoms with Gasteiger partial charge in [0.15, 0.2) is 0 Å². The maximum absolute atomic E-state index is 2.48. The largest absolute Gasteiger partial charge is 0.340 e.